The minimum atomic E-state index is -0.0787. The highest BCUT2D eigenvalue weighted by atomic mass is 16.2. The Labute approximate surface area is 112 Å². The van der Waals surface area contributed by atoms with Crippen LogP contribution in [0.25, 0.3) is 0 Å². The Bertz CT molecular complexity index is 622. The lowest BCUT2D eigenvalue weighted by Gasteiger charge is -2.22. The standard InChI is InChI=1S/C15H15N3O/c1-10-8-17-13(9-16-10)15(19)18-11(2)7-12-5-3-4-6-14(12)18/h3-6,8-9,11H,7H2,1-2H3/t11-/m0/s1. The van der Waals surface area contributed by atoms with Crippen LogP contribution < -0.4 is 4.90 Å². The zero-order valence-corrected chi connectivity index (χ0v) is 11.0. The van der Waals surface area contributed by atoms with Crippen LogP contribution in [0.3, 0.4) is 0 Å². The third-order valence-corrected chi connectivity index (χ3v) is 3.43. The van der Waals surface area contributed by atoms with E-state index >= 15 is 0 Å². The molecule has 1 atom stereocenters. The molecule has 0 N–H and O–H groups in total. The molecule has 1 aliphatic rings. The summed E-state index contributed by atoms with van der Waals surface area (Å²) < 4.78 is 0. The smallest absolute Gasteiger partial charge is 0.278 e. The molecule has 4 nitrogen and oxygen atoms in total. The summed E-state index contributed by atoms with van der Waals surface area (Å²) in [4.78, 5) is 22.7. The molecule has 0 saturated heterocycles. The number of fused-ring (bicyclic) bond motifs is 1. The Morgan fingerprint density at radius 3 is 2.79 bits per heavy atom. The Morgan fingerprint density at radius 1 is 1.26 bits per heavy atom. The summed E-state index contributed by atoms with van der Waals surface area (Å²) in [5.74, 6) is -0.0787. The van der Waals surface area contributed by atoms with Crippen molar-refractivity contribution in [3.05, 3.63) is 53.6 Å². The third kappa shape index (κ3) is 1.99. The van der Waals surface area contributed by atoms with Crippen LogP contribution in [-0.4, -0.2) is 21.9 Å². The molecule has 1 amide bonds. The molecular formula is C15H15N3O. The summed E-state index contributed by atoms with van der Waals surface area (Å²) in [7, 11) is 0. The van der Waals surface area contributed by atoms with Crippen LogP contribution in [0.4, 0.5) is 5.69 Å². The lowest BCUT2D eigenvalue weighted by atomic mass is 10.1. The molecular weight excluding hydrogens is 238 g/mol. The van der Waals surface area contributed by atoms with Gasteiger partial charge in [0.1, 0.15) is 5.69 Å². The van der Waals surface area contributed by atoms with Crippen molar-refractivity contribution in [2.45, 2.75) is 26.3 Å². The first kappa shape index (κ1) is 11.8. The summed E-state index contributed by atoms with van der Waals surface area (Å²) in [5, 5.41) is 0. The van der Waals surface area contributed by atoms with E-state index < -0.39 is 0 Å². The van der Waals surface area contributed by atoms with Gasteiger partial charge in [0.25, 0.3) is 5.91 Å². The van der Waals surface area contributed by atoms with Crippen molar-refractivity contribution in [3.8, 4) is 0 Å². The molecule has 2 heterocycles. The van der Waals surface area contributed by atoms with Gasteiger partial charge in [-0.2, -0.15) is 0 Å². The SMILES string of the molecule is Cc1cnc(C(=O)N2c3ccccc3C[C@@H]2C)cn1. The number of anilines is 1. The van der Waals surface area contributed by atoms with Crippen molar-refractivity contribution in [3.63, 3.8) is 0 Å². The Morgan fingerprint density at radius 2 is 2.05 bits per heavy atom. The number of carbonyl (C=O) groups excluding carboxylic acids is 1. The van der Waals surface area contributed by atoms with Crippen molar-refractivity contribution in [1.29, 1.82) is 0 Å². The second-order valence-corrected chi connectivity index (χ2v) is 4.90. The molecule has 1 aromatic heterocycles. The van der Waals surface area contributed by atoms with Crippen LogP contribution in [0.1, 0.15) is 28.7 Å². The Hall–Kier alpha value is -2.23. The van der Waals surface area contributed by atoms with Gasteiger partial charge in [0.2, 0.25) is 0 Å². The first-order valence-electron chi connectivity index (χ1n) is 6.37. The van der Waals surface area contributed by atoms with E-state index in [1.807, 2.05) is 30.0 Å². The first-order valence-corrected chi connectivity index (χ1v) is 6.37. The molecule has 1 aliphatic heterocycles. The summed E-state index contributed by atoms with van der Waals surface area (Å²) >= 11 is 0. The largest absolute Gasteiger partial charge is 0.304 e. The van der Waals surface area contributed by atoms with Gasteiger partial charge in [-0.1, -0.05) is 18.2 Å². The predicted molar refractivity (Wildman–Crippen MR) is 73.2 cm³/mol. The van der Waals surface area contributed by atoms with E-state index in [1.54, 1.807) is 12.4 Å². The fourth-order valence-electron chi connectivity index (χ4n) is 2.50. The van der Waals surface area contributed by atoms with Gasteiger partial charge in [-0.05, 0) is 31.9 Å². The first-order chi connectivity index (χ1) is 9.16. The van der Waals surface area contributed by atoms with Crippen LogP contribution >= 0.6 is 0 Å². The molecule has 0 saturated carbocycles. The summed E-state index contributed by atoms with van der Waals surface area (Å²) in [6, 6.07) is 8.18. The number of aryl methyl sites for hydroxylation is 1. The van der Waals surface area contributed by atoms with E-state index in [1.165, 1.54) is 5.56 Å². The number of hydrogen-bond donors (Lipinski definition) is 0. The molecule has 2 aromatic rings. The minimum absolute atomic E-state index is 0.0787. The lowest BCUT2D eigenvalue weighted by Crippen LogP contribution is -2.36. The summed E-state index contributed by atoms with van der Waals surface area (Å²) in [6.07, 6.45) is 4.06. The third-order valence-electron chi connectivity index (χ3n) is 3.43. The molecule has 4 heteroatoms. The van der Waals surface area contributed by atoms with Crippen molar-refractivity contribution >= 4 is 11.6 Å². The maximum Gasteiger partial charge on any atom is 0.278 e. The summed E-state index contributed by atoms with van der Waals surface area (Å²) in [6.45, 7) is 3.91. The van der Waals surface area contributed by atoms with Crippen LogP contribution in [0, 0.1) is 6.92 Å². The van der Waals surface area contributed by atoms with Crippen LogP contribution in [0.5, 0.6) is 0 Å². The molecule has 1 aromatic carbocycles. The number of nitrogens with zero attached hydrogens (tertiary/aromatic N) is 3. The molecule has 0 aliphatic carbocycles. The summed E-state index contributed by atoms with van der Waals surface area (Å²) in [5.41, 5.74) is 3.41. The van der Waals surface area contributed by atoms with Crippen LogP contribution in [0.15, 0.2) is 36.7 Å². The van der Waals surface area contributed by atoms with Crippen molar-refractivity contribution in [2.75, 3.05) is 4.90 Å². The minimum Gasteiger partial charge on any atom is -0.304 e. The monoisotopic (exact) mass is 253 g/mol. The van der Waals surface area contributed by atoms with Gasteiger partial charge in [0.15, 0.2) is 0 Å². The van der Waals surface area contributed by atoms with Gasteiger partial charge >= 0.3 is 0 Å². The Kier molecular flexibility index (Phi) is 2.78. The second-order valence-electron chi connectivity index (χ2n) is 4.90. The average Bonchev–Trinajstić information content (AvgIpc) is 2.74. The maximum absolute atomic E-state index is 12.6. The number of hydrogen-bond acceptors (Lipinski definition) is 3. The van der Waals surface area contributed by atoms with Gasteiger partial charge in [-0.15, -0.1) is 0 Å². The zero-order valence-electron chi connectivity index (χ0n) is 11.0. The van der Waals surface area contributed by atoms with Gasteiger partial charge in [0.05, 0.1) is 11.9 Å². The molecule has 19 heavy (non-hydrogen) atoms. The van der Waals surface area contributed by atoms with E-state index in [2.05, 4.69) is 23.0 Å². The van der Waals surface area contributed by atoms with Crippen LogP contribution in [-0.2, 0) is 6.42 Å². The van der Waals surface area contributed by atoms with Gasteiger partial charge in [-0.25, -0.2) is 4.98 Å². The number of benzene rings is 1. The van der Waals surface area contributed by atoms with E-state index in [-0.39, 0.29) is 11.9 Å². The van der Waals surface area contributed by atoms with Gasteiger partial charge < -0.3 is 4.90 Å². The molecule has 3 rings (SSSR count). The van der Waals surface area contributed by atoms with E-state index in [4.69, 9.17) is 0 Å². The van der Waals surface area contributed by atoms with Crippen molar-refractivity contribution < 1.29 is 4.79 Å². The number of rotatable bonds is 1. The fourth-order valence-corrected chi connectivity index (χ4v) is 2.50. The van der Waals surface area contributed by atoms with Crippen LogP contribution in [0.2, 0.25) is 0 Å². The van der Waals surface area contributed by atoms with E-state index in [0.717, 1.165) is 17.8 Å². The second kappa shape index (κ2) is 4.46. The predicted octanol–water partition coefficient (Wildman–Crippen LogP) is 2.38. The number of para-hydroxylation sites is 1. The maximum atomic E-state index is 12.6. The van der Waals surface area contributed by atoms with E-state index in [0.29, 0.717) is 5.69 Å². The highest BCUT2D eigenvalue weighted by molar-refractivity contribution is 6.06. The highest BCUT2D eigenvalue weighted by Crippen LogP contribution is 2.32. The molecule has 0 bridgehead atoms. The number of carbonyl (C=O) groups is 1. The highest BCUT2D eigenvalue weighted by Gasteiger charge is 2.31. The fraction of sp³-hybridized carbons (Fsp3) is 0.267. The lowest BCUT2D eigenvalue weighted by molar-refractivity contribution is 0.0976. The Balaban J connectivity index is 1.98. The number of aromatic nitrogens is 2. The molecule has 0 fully saturated rings. The van der Waals surface area contributed by atoms with Crippen molar-refractivity contribution in [1.82, 2.24) is 9.97 Å². The normalized spacial score (nSPS) is 17.4. The molecule has 96 valence electrons. The quantitative estimate of drug-likeness (QED) is 0.784. The van der Waals surface area contributed by atoms with Gasteiger partial charge in [0, 0.05) is 17.9 Å². The van der Waals surface area contributed by atoms with Crippen molar-refractivity contribution in [2.24, 2.45) is 0 Å². The zero-order chi connectivity index (χ0) is 13.4. The molecule has 0 radical (unpaired) electrons. The van der Waals surface area contributed by atoms with Gasteiger partial charge in [-0.3, -0.25) is 9.78 Å². The average molecular weight is 253 g/mol. The number of amides is 1. The van der Waals surface area contributed by atoms with E-state index in [9.17, 15) is 4.79 Å². The topological polar surface area (TPSA) is 46.1 Å². The molecule has 0 unspecified atom stereocenters. The molecule has 0 spiro atoms.